The third kappa shape index (κ3) is 8.40. The van der Waals surface area contributed by atoms with Crippen LogP contribution < -0.4 is 14.2 Å². The van der Waals surface area contributed by atoms with E-state index in [-0.39, 0.29) is 39.5 Å². The monoisotopic (exact) mass is 872 g/mol. The van der Waals surface area contributed by atoms with E-state index in [1.165, 1.54) is 0 Å². The van der Waals surface area contributed by atoms with E-state index in [1.54, 1.807) is 97.1 Å². The SMILES string of the molecule is Cc1cc(N(C)S(=O)Oc2ccc(N=Nc3c(C)cc4cc(S(=O)(=O)O)c(N=Nc5ccccc5-c5nc(-c6ccc(Cl)cc6)no5)c(O)c4c3N)cc2)c2ccccc2c1. The molecule has 0 fully saturated rings. The van der Waals surface area contributed by atoms with Crippen molar-refractivity contribution in [3.63, 3.8) is 0 Å². The minimum Gasteiger partial charge on any atom is -0.505 e. The van der Waals surface area contributed by atoms with Gasteiger partial charge in [-0.2, -0.15) is 22.7 Å². The number of benzene rings is 7. The number of nitrogens with two attached hydrogens (primary N) is 1. The number of hydrogen-bond donors (Lipinski definition) is 3. The van der Waals surface area contributed by atoms with Gasteiger partial charge in [-0.3, -0.25) is 8.86 Å². The largest absolute Gasteiger partial charge is 0.505 e. The molecule has 0 saturated heterocycles. The van der Waals surface area contributed by atoms with Crippen LogP contribution in [0, 0.1) is 13.8 Å². The van der Waals surface area contributed by atoms with Crippen molar-refractivity contribution in [2.24, 2.45) is 20.5 Å². The van der Waals surface area contributed by atoms with Crippen LogP contribution in [0.15, 0.2) is 151 Å². The zero-order valence-corrected chi connectivity index (χ0v) is 34.8. The maximum atomic E-state index is 13.3. The Bertz CT molecular complexity index is 3200. The van der Waals surface area contributed by atoms with Crippen LogP contribution in [-0.4, -0.2) is 39.5 Å². The lowest BCUT2D eigenvalue weighted by Crippen LogP contribution is -2.24. The lowest BCUT2D eigenvalue weighted by atomic mass is 10.0. The topological polar surface area (TPSA) is 219 Å². The van der Waals surface area contributed by atoms with Crippen molar-refractivity contribution in [3.8, 4) is 34.3 Å². The molecule has 7 aromatic carbocycles. The molecule has 8 aromatic rings. The molecule has 0 aliphatic carbocycles. The van der Waals surface area contributed by atoms with E-state index in [4.69, 9.17) is 26.0 Å². The number of nitrogen functional groups attached to an aromatic ring is 1. The first-order valence-corrected chi connectivity index (χ1v) is 21.1. The Morgan fingerprint density at radius 1 is 0.836 bits per heavy atom. The fourth-order valence-electron chi connectivity index (χ4n) is 6.60. The molecule has 1 unspecified atom stereocenters. The van der Waals surface area contributed by atoms with Gasteiger partial charge in [0.2, 0.25) is 5.82 Å². The molecule has 4 N–H and O–H groups in total. The number of aromatic hydroxyl groups is 1. The number of halogens is 1. The summed E-state index contributed by atoms with van der Waals surface area (Å²) in [4.78, 5) is 3.75. The maximum Gasteiger partial charge on any atom is 0.318 e. The average Bonchev–Trinajstić information content (AvgIpc) is 3.73. The molecule has 61 heavy (non-hydrogen) atoms. The molecule has 1 heterocycles. The molecule has 0 spiro atoms. The molecule has 0 saturated carbocycles. The number of phenols is 1. The van der Waals surface area contributed by atoms with E-state index in [9.17, 15) is 22.3 Å². The standard InChI is InChI=1S/C43H33ClN8O7S2/c1-24-20-27-8-4-5-9-32(27)35(21-24)52(3)60(54)59-31-18-16-30(17-19-31)47-49-39-25(2)22-28-23-36(61(55,56)57)40(41(53)37(28)38(39)45)50-48-34-11-7-6-10-33(34)43-46-42(51-58-43)26-12-14-29(44)15-13-26/h4-23,53H,45H2,1-3H3,(H,55,56,57). The van der Waals surface area contributed by atoms with Crippen LogP contribution in [0.5, 0.6) is 11.5 Å². The minimum absolute atomic E-state index is 0.00423. The Kier molecular flexibility index (Phi) is 11.0. The zero-order valence-electron chi connectivity index (χ0n) is 32.4. The van der Waals surface area contributed by atoms with E-state index in [0.29, 0.717) is 33.1 Å². The number of aryl methyl sites for hydroxylation is 2. The van der Waals surface area contributed by atoms with Crippen LogP contribution in [0.2, 0.25) is 5.02 Å². The first-order valence-electron chi connectivity index (χ1n) is 18.3. The summed E-state index contributed by atoms with van der Waals surface area (Å²) in [5, 5.41) is 35.3. The highest BCUT2D eigenvalue weighted by molar-refractivity contribution is 7.86. The Balaban J connectivity index is 1.07. The van der Waals surface area contributed by atoms with Gasteiger partial charge in [-0.25, -0.2) is 0 Å². The lowest BCUT2D eigenvalue weighted by Gasteiger charge is -2.20. The van der Waals surface area contributed by atoms with E-state index < -0.39 is 37.7 Å². The summed E-state index contributed by atoms with van der Waals surface area (Å²) in [6, 6.07) is 34.3. The molecule has 0 aliphatic heterocycles. The highest BCUT2D eigenvalue weighted by Gasteiger charge is 2.25. The summed E-state index contributed by atoms with van der Waals surface area (Å²) in [5.41, 5.74) is 9.97. The summed E-state index contributed by atoms with van der Waals surface area (Å²) in [7, 11) is -3.25. The Morgan fingerprint density at radius 3 is 2.30 bits per heavy atom. The van der Waals surface area contributed by atoms with Gasteiger partial charge >= 0.3 is 11.3 Å². The summed E-state index contributed by atoms with van der Waals surface area (Å²) in [5.74, 6) is 0.0179. The van der Waals surface area contributed by atoms with Crippen LogP contribution in [0.1, 0.15) is 11.1 Å². The van der Waals surface area contributed by atoms with Crippen molar-refractivity contribution in [3.05, 3.63) is 137 Å². The molecule has 0 amide bonds. The van der Waals surface area contributed by atoms with Crippen molar-refractivity contribution in [2.45, 2.75) is 18.7 Å². The van der Waals surface area contributed by atoms with Crippen molar-refractivity contribution >= 4 is 88.7 Å². The summed E-state index contributed by atoms with van der Waals surface area (Å²) in [6.07, 6.45) is 0. The number of nitrogens with zero attached hydrogens (tertiary/aromatic N) is 7. The highest BCUT2D eigenvalue weighted by Crippen LogP contribution is 2.47. The average molecular weight is 873 g/mol. The van der Waals surface area contributed by atoms with Crippen LogP contribution in [-0.2, 0) is 21.4 Å². The number of anilines is 2. The van der Waals surface area contributed by atoms with Gasteiger partial charge in [0.25, 0.3) is 16.0 Å². The highest BCUT2D eigenvalue weighted by atomic mass is 35.5. The molecular formula is C43H33ClN8O7S2. The summed E-state index contributed by atoms with van der Waals surface area (Å²) >= 11 is 4.14. The fraction of sp³-hybridized carbons (Fsp3) is 0.0698. The quantitative estimate of drug-likeness (QED) is 0.0634. The number of phenolic OH excluding ortho intramolecular Hbond substituents is 1. The van der Waals surface area contributed by atoms with Gasteiger partial charge in [-0.15, -0.1) is 15.3 Å². The van der Waals surface area contributed by atoms with E-state index in [1.807, 2.05) is 37.3 Å². The van der Waals surface area contributed by atoms with Crippen LogP contribution in [0.3, 0.4) is 0 Å². The second kappa shape index (κ2) is 16.5. The third-order valence-electron chi connectivity index (χ3n) is 9.56. The lowest BCUT2D eigenvalue weighted by molar-refractivity contribution is 0.432. The summed E-state index contributed by atoms with van der Waals surface area (Å²) < 4.78 is 61.7. The molecule has 8 rings (SSSR count). The maximum absolute atomic E-state index is 13.3. The number of hydrogen-bond acceptors (Lipinski definition) is 13. The van der Waals surface area contributed by atoms with Crippen LogP contribution in [0.25, 0.3) is 44.4 Å². The van der Waals surface area contributed by atoms with E-state index in [2.05, 4.69) is 36.7 Å². The zero-order chi connectivity index (χ0) is 43.0. The molecule has 18 heteroatoms. The molecule has 1 atom stereocenters. The van der Waals surface area contributed by atoms with Gasteiger partial charge < -0.3 is 19.5 Å². The smallest absolute Gasteiger partial charge is 0.318 e. The predicted octanol–water partition coefficient (Wildman–Crippen LogP) is 11.4. The normalized spacial score (nSPS) is 12.5. The van der Waals surface area contributed by atoms with Crippen molar-refractivity contribution in [2.75, 3.05) is 17.1 Å². The fourth-order valence-corrected chi connectivity index (χ4v) is 8.08. The van der Waals surface area contributed by atoms with Crippen LogP contribution in [0.4, 0.5) is 34.1 Å². The van der Waals surface area contributed by atoms with Crippen molar-refractivity contribution in [1.82, 2.24) is 10.1 Å². The molecule has 15 nitrogen and oxygen atoms in total. The molecular weight excluding hydrogens is 840 g/mol. The van der Waals surface area contributed by atoms with Gasteiger partial charge in [-0.1, -0.05) is 59.2 Å². The Hall–Kier alpha value is -7.05. The first kappa shape index (κ1) is 40.7. The second-order valence-electron chi connectivity index (χ2n) is 13.7. The number of fused-ring (bicyclic) bond motifs is 2. The van der Waals surface area contributed by atoms with Gasteiger partial charge in [-0.05, 0) is 115 Å². The molecule has 0 aliphatic rings. The number of azo groups is 2. The summed E-state index contributed by atoms with van der Waals surface area (Å²) in [6.45, 7) is 3.65. The van der Waals surface area contributed by atoms with Crippen molar-refractivity contribution < 1.29 is 31.0 Å². The molecule has 306 valence electrons. The van der Waals surface area contributed by atoms with Gasteiger partial charge in [0, 0.05) is 23.0 Å². The third-order valence-corrected chi connectivity index (χ3v) is 11.7. The molecule has 1 aromatic heterocycles. The first-order chi connectivity index (χ1) is 29.2. The van der Waals surface area contributed by atoms with Crippen molar-refractivity contribution in [1.29, 1.82) is 0 Å². The molecule has 0 bridgehead atoms. The Morgan fingerprint density at radius 2 is 1.54 bits per heavy atom. The van der Waals surface area contributed by atoms with Gasteiger partial charge in [0.1, 0.15) is 22.0 Å². The second-order valence-corrected chi connectivity index (χ2v) is 16.7. The van der Waals surface area contributed by atoms with E-state index in [0.717, 1.165) is 28.1 Å². The van der Waals surface area contributed by atoms with Crippen LogP contribution >= 0.6 is 11.6 Å². The Labute approximate surface area is 356 Å². The minimum atomic E-state index is -4.95. The van der Waals surface area contributed by atoms with E-state index >= 15 is 0 Å². The predicted molar refractivity (Wildman–Crippen MR) is 235 cm³/mol. The number of rotatable bonds is 11. The molecule has 0 radical (unpaired) electrons. The number of aromatic nitrogens is 2. The van der Waals surface area contributed by atoms with Gasteiger partial charge in [0.05, 0.1) is 33.7 Å². The van der Waals surface area contributed by atoms with Gasteiger partial charge in [0.15, 0.2) is 5.75 Å².